The van der Waals surface area contributed by atoms with E-state index in [1.807, 2.05) is 20.8 Å². The summed E-state index contributed by atoms with van der Waals surface area (Å²) in [6.07, 6.45) is 7.16. The van der Waals surface area contributed by atoms with Crippen LogP contribution in [0.15, 0.2) is 0 Å². The molecular weight excluding hydrogens is 302 g/mol. The van der Waals surface area contributed by atoms with Gasteiger partial charge in [-0.05, 0) is 45.4 Å². The Kier molecular flexibility index (Phi) is 9.26. The van der Waals surface area contributed by atoms with Crippen molar-refractivity contribution in [2.45, 2.75) is 85.5 Å². The topological polar surface area (TPSA) is 51.5 Å². The van der Waals surface area contributed by atoms with Crippen molar-refractivity contribution in [2.24, 2.45) is 17.3 Å². The van der Waals surface area contributed by atoms with Crippen molar-refractivity contribution in [3.8, 4) is 6.07 Å². The second-order valence-corrected chi connectivity index (χ2v) is 7.06. The van der Waals surface area contributed by atoms with E-state index in [4.69, 9.17) is 14.2 Å². The van der Waals surface area contributed by atoms with E-state index in [1.54, 1.807) is 0 Å². The molecule has 0 bridgehead atoms. The summed E-state index contributed by atoms with van der Waals surface area (Å²) in [5.41, 5.74) is -0.404. The lowest BCUT2D eigenvalue weighted by molar-refractivity contribution is -0.386. The number of hydrogen-bond donors (Lipinski definition) is 0. The first-order chi connectivity index (χ1) is 11.5. The summed E-state index contributed by atoms with van der Waals surface area (Å²) in [5.74, 6) is 0.195. The average Bonchev–Trinajstić information content (AvgIpc) is 2.87. The summed E-state index contributed by atoms with van der Waals surface area (Å²) in [6, 6.07) is 2.64. The molecule has 0 unspecified atom stereocenters. The first-order valence-corrected chi connectivity index (χ1v) is 9.87. The van der Waals surface area contributed by atoms with E-state index in [2.05, 4.69) is 19.9 Å². The third-order valence-corrected chi connectivity index (χ3v) is 5.18. The van der Waals surface area contributed by atoms with Crippen LogP contribution >= 0.6 is 0 Å². The molecular formula is C20H37NO3. The van der Waals surface area contributed by atoms with E-state index in [9.17, 15) is 5.26 Å². The molecule has 1 aliphatic carbocycles. The highest BCUT2D eigenvalue weighted by Gasteiger charge is 2.51. The van der Waals surface area contributed by atoms with Gasteiger partial charge in [-0.25, -0.2) is 0 Å². The number of hydrogen-bond acceptors (Lipinski definition) is 4. The zero-order valence-electron chi connectivity index (χ0n) is 16.4. The Hall–Kier alpha value is -0.630. The lowest BCUT2D eigenvalue weighted by Crippen LogP contribution is -2.44. The Morgan fingerprint density at radius 2 is 1.29 bits per heavy atom. The third kappa shape index (κ3) is 5.44. The Bertz CT molecular complexity index is 360. The van der Waals surface area contributed by atoms with E-state index in [-0.39, 0.29) is 0 Å². The fourth-order valence-electron chi connectivity index (χ4n) is 4.46. The highest BCUT2D eigenvalue weighted by Crippen LogP contribution is 2.53. The standard InChI is InChI=1S/C20H37NO3/c1-6-11-17-13-19(16-21,14-18(17)12-7-2)15-20(22-8-3,23-9-4)24-10-5/h17-18H,6-15H2,1-5H3/t17-,18-/m0/s1. The van der Waals surface area contributed by atoms with Gasteiger partial charge in [-0.1, -0.05) is 39.5 Å². The molecule has 0 radical (unpaired) electrons. The van der Waals surface area contributed by atoms with Crippen LogP contribution in [0.5, 0.6) is 0 Å². The molecule has 1 rings (SSSR count). The predicted molar refractivity (Wildman–Crippen MR) is 96.3 cm³/mol. The van der Waals surface area contributed by atoms with Gasteiger partial charge in [-0.2, -0.15) is 5.26 Å². The molecule has 0 aromatic carbocycles. The van der Waals surface area contributed by atoms with Crippen LogP contribution in [0.4, 0.5) is 0 Å². The SMILES string of the molecule is CCC[C@H]1CC(C#N)(CC(OCC)(OCC)OCC)C[C@@H]1CCC. The molecule has 1 aliphatic rings. The summed E-state index contributed by atoms with van der Waals surface area (Å²) < 4.78 is 17.7. The molecule has 4 nitrogen and oxygen atoms in total. The second kappa shape index (κ2) is 10.4. The van der Waals surface area contributed by atoms with Crippen molar-refractivity contribution in [1.29, 1.82) is 5.26 Å². The van der Waals surface area contributed by atoms with Gasteiger partial charge in [-0.3, -0.25) is 0 Å². The number of ether oxygens (including phenoxy) is 3. The molecule has 0 spiro atoms. The van der Waals surface area contributed by atoms with Gasteiger partial charge < -0.3 is 14.2 Å². The van der Waals surface area contributed by atoms with Crippen molar-refractivity contribution in [3.05, 3.63) is 0 Å². The average molecular weight is 340 g/mol. The van der Waals surface area contributed by atoms with Gasteiger partial charge in [0.15, 0.2) is 0 Å². The van der Waals surface area contributed by atoms with E-state index >= 15 is 0 Å². The van der Waals surface area contributed by atoms with Gasteiger partial charge in [-0.15, -0.1) is 0 Å². The summed E-state index contributed by atoms with van der Waals surface area (Å²) in [5, 5.41) is 10.0. The van der Waals surface area contributed by atoms with Crippen molar-refractivity contribution in [1.82, 2.24) is 0 Å². The van der Waals surface area contributed by atoms with Crippen molar-refractivity contribution in [3.63, 3.8) is 0 Å². The molecule has 4 heteroatoms. The number of nitriles is 1. The van der Waals surface area contributed by atoms with E-state index in [1.165, 1.54) is 25.7 Å². The lowest BCUT2D eigenvalue weighted by atomic mass is 9.81. The maximum atomic E-state index is 10.0. The molecule has 0 saturated heterocycles. The Labute approximate surface area is 148 Å². The molecule has 0 aliphatic heterocycles. The zero-order chi connectivity index (χ0) is 18.1. The van der Waals surface area contributed by atoms with Gasteiger partial charge in [0.2, 0.25) is 0 Å². The molecule has 1 saturated carbocycles. The van der Waals surface area contributed by atoms with Gasteiger partial charge >= 0.3 is 0 Å². The van der Waals surface area contributed by atoms with Gasteiger partial charge in [0, 0.05) is 26.2 Å². The molecule has 1 fully saturated rings. The maximum absolute atomic E-state index is 10.0. The maximum Gasteiger partial charge on any atom is 0.284 e. The van der Waals surface area contributed by atoms with Crippen LogP contribution in [0.1, 0.15) is 79.6 Å². The van der Waals surface area contributed by atoms with Crippen LogP contribution in [0.25, 0.3) is 0 Å². The highest BCUT2D eigenvalue weighted by atomic mass is 16.9. The van der Waals surface area contributed by atoms with Crippen LogP contribution in [0.3, 0.4) is 0 Å². The summed E-state index contributed by atoms with van der Waals surface area (Å²) in [4.78, 5) is 0. The smallest absolute Gasteiger partial charge is 0.284 e. The van der Waals surface area contributed by atoms with Gasteiger partial charge in [0.25, 0.3) is 5.97 Å². The summed E-state index contributed by atoms with van der Waals surface area (Å²) >= 11 is 0. The monoisotopic (exact) mass is 339 g/mol. The van der Waals surface area contributed by atoms with Crippen molar-refractivity contribution < 1.29 is 14.2 Å². The van der Waals surface area contributed by atoms with Crippen LogP contribution in [0.2, 0.25) is 0 Å². The molecule has 0 aromatic heterocycles. The Balaban J connectivity index is 3.01. The minimum atomic E-state index is -1.08. The number of rotatable bonds is 12. The normalized spacial score (nSPS) is 23.3. The third-order valence-electron chi connectivity index (χ3n) is 5.18. The first-order valence-electron chi connectivity index (χ1n) is 9.87. The summed E-state index contributed by atoms with van der Waals surface area (Å²) in [6.45, 7) is 11.8. The minimum absolute atomic E-state index is 0.404. The predicted octanol–water partition coefficient (Wildman–Crippen LogP) is 5.28. The van der Waals surface area contributed by atoms with Crippen molar-refractivity contribution >= 4 is 0 Å². The highest BCUT2D eigenvalue weighted by molar-refractivity contribution is 5.08. The van der Waals surface area contributed by atoms with Crippen molar-refractivity contribution in [2.75, 3.05) is 19.8 Å². The minimum Gasteiger partial charge on any atom is -0.328 e. The number of nitrogens with zero attached hydrogens (tertiary/aromatic N) is 1. The molecule has 0 N–H and O–H groups in total. The Morgan fingerprint density at radius 1 is 0.875 bits per heavy atom. The molecule has 0 aromatic rings. The Morgan fingerprint density at radius 3 is 1.58 bits per heavy atom. The molecule has 0 amide bonds. The van der Waals surface area contributed by atoms with E-state index < -0.39 is 11.4 Å². The van der Waals surface area contributed by atoms with Crippen LogP contribution < -0.4 is 0 Å². The fourth-order valence-corrected chi connectivity index (χ4v) is 4.46. The zero-order valence-corrected chi connectivity index (χ0v) is 16.4. The molecule has 0 heterocycles. The quantitative estimate of drug-likeness (QED) is 0.454. The first kappa shape index (κ1) is 21.4. The molecule has 140 valence electrons. The van der Waals surface area contributed by atoms with E-state index in [0.29, 0.717) is 38.1 Å². The van der Waals surface area contributed by atoms with Gasteiger partial charge in [0.1, 0.15) is 0 Å². The van der Waals surface area contributed by atoms with E-state index in [0.717, 1.165) is 12.8 Å². The molecule has 2 atom stereocenters. The van der Waals surface area contributed by atoms with Crippen LogP contribution in [-0.2, 0) is 14.2 Å². The lowest BCUT2D eigenvalue weighted by Gasteiger charge is -2.37. The molecule has 24 heavy (non-hydrogen) atoms. The largest absolute Gasteiger partial charge is 0.328 e. The van der Waals surface area contributed by atoms with Gasteiger partial charge in [0.05, 0.1) is 11.5 Å². The second-order valence-electron chi connectivity index (χ2n) is 7.06. The van der Waals surface area contributed by atoms with Crippen LogP contribution in [0, 0.1) is 28.6 Å². The fraction of sp³-hybridized carbons (Fsp3) is 0.950. The van der Waals surface area contributed by atoms with Crippen LogP contribution in [-0.4, -0.2) is 25.8 Å². The summed E-state index contributed by atoms with van der Waals surface area (Å²) in [7, 11) is 0.